The molecule has 0 spiro atoms. The molecule has 0 unspecified atom stereocenters. The molecule has 1 saturated heterocycles. The molecule has 0 radical (unpaired) electrons. The van der Waals surface area contributed by atoms with E-state index in [2.05, 4.69) is 5.32 Å². The number of carbonyl (C=O) groups excluding carboxylic acids is 2. The molecule has 4 N–H and O–H groups in total. The van der Waals surface area contributed by atoms with Crippen molar-refractivity contribution in [1.82, 2.24) is 10.2 Å². The number of ether oxygens (including phenoxy) is 3. The van der Waals surface area contributed by atoms with Gasteiger partial charge >= 0.3 is 0 Å². The Morgan fingerprint density at radius 3 is 2.76 bits per heavy atom. The summed E-state index contributed by atoms with van der Waals surface area (Å²) in [4.78, 5) is 28.2. The molecule has 5 atom stereocenters. The molecule has 10 heteroatoms. The van der Waals surface area contributed by atoms with Gasteiger partial charge in [0.2, 0.25) is 11.8 Å². The van der Waals surface area contributed by atoms with Crippen LogP contribution in [0.15, 0.2) is 35.9 Å². The minimum absolute atomic E-state index is 0.0479. The summed E-state index contributed by atoms with van der Waals surface area (Å²) in [5, 5.41) is 33.4. The van der Waals surface area contributed by atoms with Crippen LogP contribution >= 0.6 is 0 Å². The van der Waals surface area contributed by atoms with E-state index < -0.39 is 30.1 Å². The average molecular weight is 517 g/mol. The number of nitrogens with one attached hydrogen (secondary N) is 1. The summed E-state index contributed by atoms with van der Waals surface area (Å²) in [6.45, 7) is 2.38. The SMILES string of the molecule is CCC=CC(=O)N(C[C@H]1CCCO1)[C@@H]1C=C(C(=O)NCCO)[C@@H]2c3cc(CO)cc(OC)c3O[C@@H]2[C@H]1O. The minimum Gasteiger partial charge on any atom is -0.493 e. The second-order valence-corrected chi connectivity index (χ2v) is 9.45. The van der Waals surface area contributed by atoms with Crippen LogP contribution in [0.2, 0.25) is 0 Å². The van der Waals surface area contributed by atoms with Crippen molar-refractivity contribution in [2.24, 2.45) is 0 Å². The van der Waals surface area contributed by atoms with Crippen LogP contribution in [0.4, 0.5) is 0 Å². The predicted molar refractivity (Wildman–Crippen MR) is 134 cm³/mol. The van der Waals surface area contributed by atoms with Gasteiger partial charge in [0.15, 0.2) is 11.5 Å². The van der Waals surface area contributed by atoms with Crippen molar-refractivity contribution in [3.05, 3.63) is 47.1 Å². The fraction of sp³-hybridized carbons (Fsp3) is 0.556. The summed E-state index contributed by atoms with van der Waals surface area (Å²) in [5.41, 5.74) is 1.50. The third kappa shape index (κ3) is 5.52. The smallest absolute Gasteiger partial charge is 0.247 e. The first-order valence-electron chi connectivity index (χ1n) is 12.8. The topological polar surface area (TPSA) is 138 Å². The van der Waals surface area contributed by atoms with Crippen molar-refractivity contribution in [1.29, 1.82) is 0 Å². The Morgan fingerprint density at radius 1 is 1.30 bits per heavy atom. The van der Waals surface area contributed by atoms with Crippen molar-refractivity contribution in [3.63, 3.8) is 0 Å². The summed E-state index contributed by atoms with van der Waals surface area (Å²) < 4.78 is 17.5. The zero-order valence-electron chi connectivity index (χ0n) is 21.3. The first-order valence-corrected chi connectivity index (χ1v) is 12.8. The third-order valence-electron chi connectivity index (χ3n) is 7.06. The van der Waals surface area contributed by atoms with Gasteiger partial charge in [-0.25, -0.2) is 0 Å². The molecule has 2 amide bonds. The Balaban J connectivity index is 1.79. The van der Waals surface area contributed by atoms with E-state index in [1.54, 1.807) is 29.2 Å². The Kier molecular flexibility index (Phi) is 8.86. The van der Waals surface area contributed by atoms with Crippen molar-refractivity contribution in [3.8, 4) is 11.5 Å². The lowest BCUT2D eigenvalue weighted by atomic mass is 9.77. The number of aliphatic hydroxyl groups is 3. The highest BCUT2D eigenvalue weighted by Crippen LogP contribution is 2.51. The van der Waals surface area contributed by atoms with Crippen molar-refractivity contribution >= 4 is 11.8 Å². The molecule has 0 bridgehead atoms. The Labute approximate surface area is 216 Å². The number of aliphatic hydroxyl groups excluding tert-OH is 3. The Morgan fingerprint density at radius 2 is 2.11 bits per heavy atom. The molecule has 1 aliphatic carbocycles. The fourth-order valence-electron chi connectivity index (χ4n) is 5.30. The molecule has 0 saturated carbocycles. The molecule has 2 heterocycles. The normalized spacial score (nSPS) is 26.3. The molecular weight excluding hydrogens is 480 g/mol. The van der Waals surface area contributed by atoms with Gasteiger partial charge in [-0.15, -0.1) is 0 Å². The quantitative estimate of drug-likeness (QED) is 0.335. The van der Waals surface area contributed by atoms with E-state index in [4.69, 9.17) is 14.2 Å². The van der Waals surface area contributed by atoms with Gasteiger partial charge < -0.3 is 39.7 Å². The van der Waals surface area contributed by atoms with Gasteiger partial charge in [0.05, 0.1) is 38.4 Å². The largest absolute Gasteiger partial charge is 0.493 e. The third-order valence-corrected chi connectivity index (χ3v) is 7.06. The van der Waals surface area contributed by atoms with E-state index in [0.29, 0.717) is 41.2 Å². The van der Waals surface area contributed by atoms with Crippen LogP contribution in [0.3, 0.4) is 0 Å². The van der Waals surface area contributed by atoms with E-state index in [1.807, 2.05) is 6.92 Å². The van der Waals surface area contributed by atoms with Crippen LogP contribution in [0, 0.1) is 0 Å². The standard InChI is InChI=1S/C27H36N2O8/c1-3-4-7-22(32)29(14-17-6-5-10-36-17)20-13-19(27(34)28-8-9-30)23-18-11-16(15-31)12-21(35-2)25(18)37-26(23)24(20)33/h4,7,11-13,17,20,23-24,26,30-31,33H,3,5-6,8-10,14-15H2,1-2H3,(H,28,34)/t17-,20-,23+,24+,26+/m1/s1. The average Bonchev–Trinajstić information content (AvgIpc) is 3.57. The van der Waals surface area contributed by atoms with Crippen molar-refractivity contribution in [2.75, 3.05) is 33.4 Å². The number of benzene rings is 1. The van der Waals surface area contributed by atoms with Crippen LogP contribution < -0.4 is 14.8 Å². The molecule has 1 aromatic rings. The van der Waals surface area contributed by atoms with Gasteiger partial charge in [-0.05, 0) is 49.1 Å². The van der Waals surface area contributed by atoms with Crippen molar-refractivity contribution < 1.29 is 39.1 Å². The van der Waals surface area contributed by atoms with E-state index in [-0.39, 0.29) is 38.3 Å². The molecule has 0 aromatic heterocycles. The zero-order chi connectivity index (χ0) is 26.5. The molecule has 1 fully saturated rings. The molecule has 10 nitrogen and oxygen atoms in total. The highest BCUT2D eigenvalue weighted by Gasteiger charge is 2.51. The second kappa shape index (κ2) is 12.1. The molecule has 202 valence electrons. The fourth-order valence-corrected chi connectivity index (χ4v) is 5.30. The number of rotatable bonds is 10. The van der Waals surface area contributed by atoms with E-state index in [9.17, 15) is 24.9 Å². The maximum atomic E-state index is 13.3. The molecule has 1 aromatic carbocycles. The van der Waals surface area contributed by atoms with E-state index in [1.165, 1.54) is 13.2 Å². The first kappa shape index (κ1) is 27.1. The van der Waals surface area contributed by atoms with Crippen LogP contribution in [-0.2, 0) is 20.9 Å². The van der Waals surface area contributed by atoms with E-state index in [0.717, 1.165) is 12.8 Å². The number of allylic oxidation sites excluding steroid dienone is 1. The highest BCUT2D eigenvalue weighted by molar-refractivity contribution is 5.96. The number of amides is 2. The van der Waals surface area contributed by atoms with Gasteiger partial charge in [0.25, 0.3) is 0 Å². The Hall–Kier alpha value is -2.92. The monoisotopic (exact) mass is 516 g/mol. The summed E-state index contributed by atoms with van der Waals surface area (Å²) in [7, 11) is 1.48. The minimum atomic E-state index is -1.16. The lowest BCUT2D eigenvalue weighted by molar-refractivity contribution is -0.134. The van der Waals surface area contributed by atoms with Crippen LogP contribution in [0.1, 0.15) is 43.2 Å². The lowest BCUT2D eigenvalue weighted by Gasteiger charge is -2.41. The lowest BCUT2D eigenvalue weighted by Crippen LogP contribution is -2.56. The summed E-state index contributed by atoms with van der Waals surface area (Å²) in [6.07, 6.45) is 5.02. The number of methoxy groups -OCH3 is 1. The first-order chi connectivity index (χ1) is 17.9. The van der Waals surface area contributed by atoms with Crippen LogP contribution in [-0.4, -0.2) is 89.8 Å². The molecule has 3 aliphatic rings. The highest BCUT2D eigenvalue weighted by atomic mass is 16.5. The Bertz CT molecular complexity index is 1050. The van der Waals surface area contributed by atoms with Gasteiger partial charge in [-0.1, -0.05) is 13.0 Å². The van der Waals surface area contributed by atoms with Gasteiger partial charge in [-0.3, -0.25) is 9.59 Å². The number of hydrogen-bond acceptors (Lipinski definition) is 8. The molecular formula is C27H36N2O8. The molecule has 2 aliphatic heterocycles. The van der Waals surface area contributed by atoms with Crippen molar-refractivity contribution in [2.45, 2.75) is 63.1 Å². The van der Waals surface area contributed by atoms with Gasteiger partial charge in [-0.2, -0.15) is 0 Å². The van der Waals surface area contributed by atoms with Gasteiger partial charge in [0, 0.05) is 30.8 Å². The number of nitrogens with zero attached hydrogens (tertiary/aromatic N) is 1. The zero-order valence-corrected chi connectivity index (χ0v) is 21.3. The summed E-state index contributed by atoms with van der Waals surface area (Å²) in [5.74, 6) is -0.612. The maximum Gasteiger partial charge on any atom is 0.247 e. The predicted octanol–water partition coefficient (Wildman–Crippen LogP) is 0.784. The second-order valence-electron chi connectivity index (χ2n) is 9.45. The van der Waals surface area contributed by atoms with Crippen LogP contribution in [0.25, 0.3) is 0 Å². The summed E-state index contributed by atoms with van der Waals surface area (Å²) in [6, 6.07) is 2.53. The number of fused-ring (bicyclic) bond motifs is 3. The van der Waals surface area contributed by atoms with Crippen LogP contribution in [0.5, 0.6) is 11.5 Å². The molecule has 4 rings (SSSR count). The number of carbonyl (C=O) groups is 2. The summed E-state index contributed by atoms with van der Waals surface area (Å²) >= 11 is 0. The number of hydrogen-bond donors (Lipinski definition) is 4. The van der Waals surface area contributed by atoms with E-state index >= 15 is 0 Å². The molecule has 37 heavy (non-hydrogen) atoms. The maximum absolute atomic E-state index is 13.3. The van der Waals surface area contributed by atoms with Gasteiger partial charge in [0.1, 0.15) is 12.2 Å².